The Hall–Kier alpha value is -1.63. The molecular formula is C27H40N+. The number of hydrogen-bond acceptors (Lipinski definition) is 0. The first-order chi connectivity index (χ1) is 12.6. The number of fused-ring (bicyclic) bond motifs is 1. The second-order valence-electron chi connectivity index (χ2n) is 11.9. The summed E-state index contributed by atoms with van der Waals surface area (Å²) in [5, 5.41) is 0. The van der Waals surface area contributed by atoms with Crippen LogP contribution in [0, 0.1) is 17.8 Å². The Labute approximate surface area is 173 Å². The molecule has 1 aromatic carbocycles. The first-order valence-electron chi connectivity index (χ1n) is 10.7. The number of pyridine rings is 1. The second-order valence-corrected chi connectivity index (χ2v) is 11.9. The van der Waals surface area contributed by atoms with E-state index in [1.807, 2.05) is 0 Å². The Kier molecular flexibility index (Phi) is 4.66. The van der Waals surface area contributed by atoms with Crippen LogP contribution in [0.15, 0.2) is 30.5 Å². The van der Waals surface area contributed by atoms with E-state index in [4.69, 9.17) is 0 Å². The van der Waals surface area contributed by atoms with E-state index in [9.17, 15) is 0 Å². The Bertz CT molecular complexity index is 920. The van der Waals surface area contributed by atoms with E-state index < -0.39 is 0 Å². The van der Waals surface area contributed by atoms with Crippen LogP contribution in [0.2, 0.25) is 0 Å². The monoisotopic (exact) mass is 378 g/mol. The standard InChI is InChI=1S/C27H40N/c1-18-14-21-22(26(7,8)27(9,10)25(21,5)6)16-20(18)23-15-19(12-13-28(23)11)17-24(2,3)4/h12-16H,17H2,1-11H3/q+1. The average molecular weight is 379 g/mol. The van der Waals surface area contributed by atoms with E-state index in [1.165, 1.54) is 33.5 Å². The summed E-state index contributed by atoms with van der Waals surface area (Å²) in [6.07, 6.45) is 3.32. The molecule has 0 spiro atoms. The van der Waals surface area contributed by atoms with Crippen LogP contribution in [0.5, 0.6) is 0 Å². The highest BCUT2D eigenvalue weighted by atomic mass is 14.9. The fourth-order valence-corrected chi connectivity index (χ4v) is 5.08. The maximum atomic E-state index is 2.50. The van der Waals surface area contributed by atoms with E-state index in [1.54, 1.807) is 0 Å². The van der Waals surface area contributed by atoms with Gasteiger partial charge in [-0.15, -0.1) is 0 Å². The van der Waals surface area contributed by atoms with Gasteiger partial charge in [0.2, 0.25) is 5.69 Å². The zero-order valence-corrected chi connectivity index (χ0v) is 20.0. The third-order valence-corrected chi connectivity index (χ3v) is 8.06. The van der Waals surface area contributed by atoms with Crippen molar-refractivity contribution in [1.29, 1.82) is 0 Å². The molecule has 3 rings (SSSR count). The molecule has 0 saturated heterocycles. The molecule has 1 heterocycles. The van der Waals surface area contributed by atoms with E-state index in [0.717, 1.165) is 6.42 Å². The molecule has 1 aromatic heterocycles. The van der Waals surface area contributed by atoms with Crippen molar-refractivity contribution in [2.24, 2.45) is 17.9 Å². The summed E-state index contributed by atoms with van der Waals surface area (Å²) >= 11 is 0. The van der Waals surface area contributed by atoms with Crippen molar-refractivity contribution >= 4 is 0 Å². The molecule has 0 saturated carbocycles. The van der Waals surface area contributed by atoms with Crippen molar-refractivity contribution in [3.63, 3.8) is 0 Å². The molecule has 0 fully saturated rings. The zero-order chi connectivity index (χ0) is 21.3. The Morgan fingerprint density at radius 3 is 1.93 bits per heavy atom. The average Bonchev–Trinajstić information content (AvgIpc) is 2.63. The summed E-state index contributed by atoms with van der Waals surface area (Å²) in [5.74, 6) is 0. The van der Waals surface area contributed by atoms with Gasteiger partial charge in [0.15, 0.2) is 6.20 Å². The maximum absolute atomic E-state index is 2.50. The molecule has 0 unspecified atom stereocenters. The second kappa shape index (κ2) is 6.18. The van der Waals surface area contributed by atoms with Crippen molar-refractivity contribution < 1.29 is 4.57 Å². The smallest absolute Gasteiger partial charge is 0.201 e. The van der Waals surface area contributed by atoms with Crippen molar-refractivity contribution in [3.05, 3.63) is 52.7 Å². The molecular weight excluding hydrogens is 338 g/mol. The molecule has 1 nitrogen and oxygen atoms in total. The van der Waals surface area contributed by atoms with Gasteiger partial charge in [-0.2, -0.15) is 0 Å². The molecule has 1 aliphatic rings. The first-order valence-corrected chi connectivity index (χ1v) is 10.7. The van der Waals surface area contributed by atoms with E-state index in [2.05, 4.69) is 111 Å². The van der Waals surface area contributed by atoms with Crippen LogP contribution < -0.4 is 4.57 Å². The van der Waals surface area contributed by atoms with Gasteiger partial charge in [-0.05, 0) is 63.3 Å². The highest BCUT2D eigenvalue weighted by molar-refractivity contribution is 5.67. The number of aromatic nitrogens is 1. The summed E-state index contributed by atoms with van der Waals surface area (Å²) in [5.41, 5.74) is 9.32. The quantitative estimate of drug-likeness (QED) is 0.514. The summed E-state index contributed by atoms with van der Waals surface area (Å²) in [4.78, 5) is 0. The van der Waals surface area contributed by atoms with Gasteiger partial charge in [-0.3, -0.25) is 0 Å². The van der Waals surface area contributed by atoms with E-state index >= 15 is 0 Å². The van der Waals surface area contributed by atoms with Gasteiger partial charge >= 0.3 is 0 Å². The van der Waals surface area contributed by atoms with Crippen molar-refractivity contribution in [3.8, 4) is 11.3 Å². The third kappa shape index (κ3) is 3.02. The van der Waals surface area contributed by atoms with Gasteiger partial charge in [-0.1, -0.05) is 68.4 Å². The number of hydrogen-bond donors (Lipinski definition) is 0. The summed E-state index contributed by atoms with van der Waals surface area (Å²) in [7, 11) is 2.17. The summed E-state index contributed by atoms with van der Waals surface area (Å²) < 4.78 is 2.28. The molecule has 2 aromatic rings. The van der Waals surface area contributed by atoms with Gasteiger partial charge in [0.1, 0.15) is 7.05 Å². The Balaban J connectivity index is 2.22. The third-order valence-electron chi connectivity index (χ3n) is 8.06. The number of rotatable bonds is 2. The molecule has 0 atom stereocenters. The summed E-state index contributed by atoms with van der Waals surface area (Å²) in [6.45, 7) is 23.8. The van der Waals surface area contributed by atoms with Crippen molar-refractivity contribution in [1.82, 2.24) is 0 Å². The van der Waals surface area contributed by atoms with Crippen LogP contribution in [-0.4, -0.2) is 0 Å². The number of nitrogens with zero attached hydrogens (tertiary/aromatic N) is 1. The molecule has 1 heteroatoms. The lowest BCUT2D eigenvalue weighted by molar-refractivity contribution is -0.660. The van der Waals surface area contributed by atoms with Crippen LogP contribution >= 0.6 is 0 Å². The lowest BCUT2D eigenvalue weighted by atomic mass is 9.59. The lowest BCUT2D eigenvalue weighted by Crippen LogP contribution is -2.42. The summed E-state index contributed by atoms with van der Waals surface area (Å²) in [6, 6.07) is 9.64. The Morgan fingerprint density at radius 1 is 0.857 bits per heavy atom. The molecule has 28 heavy (non-hydrogen) atoms. The molecule has 0 aliphatic heterocycles. The molecule has 0 bridgehead atoms. The van der Waals surface area contributed by atoms with Crippen LogP contribution in [0.3, 0.4) is 0 Å². The molecule has 152 valence electrons. The lowest BCUT2D eigenvalue weighted by Gasteiger charge is -2.44. The van der Waals surface area contributed by atoms with Crippen LogP contribution in [-0.2, 0) is 24.3 Å². The minimum atomic E-state index is 0.135. The predicted molar refractivity (Wildman–Crippen MR) is 121 cm³/mol. The largest absolute Gasteiger partial charge is 0.212 e. The topological polar surface area (TPSA) is 3.88 Å². The van der Waals surface area contributed by atoms with Crippen molar-refractivity contribution in [2.75, 3.05) is 0 Å². The normalized spacial score (nSPS) is 19.5. The number of aryl methyl sites for hydroxylation is 2. The minimum Gasteiger partial charge on any atom is -0.201 e. The van der Waals surface area contributed by atoms with Crippen LogP contribution in [0.1, 0.15) is 84.6 Å². The van der Waals surface area contributed by atoms with Crippen molar-refractivity contribution in [2.45, 2.75) is 86.5 Å². The zero-order valence-electron chi connectivity index (χ0n) is 20.0. The van der Waals surface area contributed by atoms with Gasteiger partial charge in [-0.25, -0.2) is 4.57 Å². The molecule has 0 radical (unpaired) electrons. The highest BCUT2D eigenvalue weighted by Gasteiger charge is 2.56. The SMILES string of the molecule is Cc1cc2c(cc1-c1cc(CC(C)(C)C)cc[n+]1C)C(C)(C)C(C)(C)C2(C)C. The fourth-order valence-electron chi connectivity index (χ4n) is 5.08. The van der Waals surface area contributed by atoms with Gasteiger partial charge in [0.05, 0.1) is 0 Å². The van der Waals surface area contributed by atoms with E-state index in [-0.39, 0.29) is 16.2 Å². The van der Waals surface area contributed by atoms with Crippen LogP contribution in [0.4, 0.5) is 0 Å². The number of benzene rings is 1. The molecule has 0 N–H and O–H groups in total. The highest BCUT2D eigenvalue weighted by Crippen LogP contribution is 2.62. The molecule has 1 aliphatic carbocycles. The maximum Gasteiger partial charge on any atom is 0.212 e. The van der Waals surface area contributed by atoms with E-state index in [0.29, 0.717) is 5.41 Å². The first kappa shape index (κ1) is 21.1. The minimum absolute atomic E-state index is 0.135. The van der Waals surface area contributed by atoms with Gasteiger partial charge in [0.25, 0.3) is 0 Å². The van der Waals surface area contributed by atoms with Gasteiger partial charge in [0, 0.05) is 17.7 Å². The fraction of sp³-hybridized carbons (Fsp3) is 0.593. The van der Waals surface area contributed by atoms with Crippen LogP contribution in [0.25, 0.3) is 11.3 Å². The predicted octanol–water partition coefficient (Wildman–Crippen LogP) is 6.67. The van der Waals surface area contributed by atoms with Gasteiger partial charge < -0.3 is 0 Å². The molecule has 0 amide bonds. The Morgan fingerprint density at radius 2 is 1.39 bits per heavy atom.